The average Bonchev–Trinajstić information content (AvgIpc) is 2.32. The van der Waals surface area contributed by atoms with E-state index in [-0.39, 0.29) is 18.0 Å². The summed E-state index contributed by atoms with van der Waals surface area (Å²) >= 11 is 0. The molecular formula is C13H16FNO3. The van der Waals surface area contributed by atoms with Crippen LogP contribution in [0.5, 0.6) is 0 Å². The summed E-state index contributed by atoms with van der Waals surface area (Å²) in [5.41, 5.74) is 0.712. The van der Waals surface area contributed by atoms with Gasteiger partial charge in [0.25, 0.3) is 5.91 Å². The van der Waals surface area contributed by atoms with Gasteiger partial charge < -0.3 is 10.1 Å². The van der Waals surface area contributed by atoms with E-state index in [0.29, 0.717) is 5.56 Å². The van der Waals surface area contributed by atoms with E-state index in [9.17, 15) is 14.0 Å². The van der Waals surface area contributed by atoms with Crippen LogP contribution in [0.4, 0.5) is 4.39 Å². The minimum absolute atomic E-state index is 0.0799. The monoisotopic (exact) mass is 253 g/mol. The van der Waals surface area contributed by atoms with E-state index in [2.05, 4.69) is 10.1 Å². The number of nitrogens with one attached hydrogen (secondary N) is 1. The maximum atomic E-state index is 13.3. The summed E-state index contributed by atoms with van der Waals surface area (Å²) in [6.07, 6.45) is 0.0799. The molecule has 1 rings (SSSR count). The van der Waals surface area contributed by atoms with E-state index in [1.807, 2.05) is 0 Å². The summed E-state index contributed by atoms with van der Waals surface area (Å²) in [4.78, 5) is 22.8. The van der Waals surface area contributed by atoms with Crippen LogP contribution in [0.3, 0.4) is 0 Å². The fourth-order valence-corrected chi connectivity index (χ4v) is 1.43. The Bertz CT molecular complexity index is 460. The zero-order valence-electron chi connectivity index (χ0n) is 10.6. The highest BCUT2D eigenvalue weighted by molar-refractivity contribution is 5.94. The van der Waals surface area contributed by atoms with Crippen LogP contribution in [0, 0.1) is 12.7 Å². The van der Waals surface area contributed by atoms with Crippen molar-refractivity contribution in [1.82, 2.24) is 5.32 Å². The minimum Gasteiger partial charge on any atom is -0.469 e. The Balaban J connectivity index is 2.64. The first-order chi connectivity index (χ1) is 8.43. The van der Waals surface area contributed by atoms with Gasteiger partial charge in [-0.05, 0) is 31.5 Å². The molecule has 5 heteroatoms. The first-order valence-corrected chi connectivity index (χ1v) is 5.58. The van der Waals surface area contributed by atoms with E-state index < -0.39 is 17.7 Å². The Labute approximate surface area is 105 Å². The molecule has 0 bridgehead atoms. The first-order valence-electron chi connectivity index (χ1n) is 5.58. The van der Waals surface area contributed by atoms with Crippen molar-refractivity contribution in [2.24, 2.45) is 0 Å². The molecule has 98 valence electrons. The van der Waals surface area contributed by atoms with Crippen LogP contribution in [0.2, 0.25) is 0 Å². The van der Waals surface area contributed by atoms with Crippen LogP contribution in [0.15, 0.2) is 18.2 Å². The Morgan fingerprint density at radius 1 is 1.44 bits per heavy atom. The van der Waals surface area contributed by atoms with Crippen LogP contribution in [0.25, 0.3) is 0 Å². The third kappa shape index (κ3) is 3.84. The van der Waals surface area contributed by atoms with Crippen molar-refractivity contribution in [2.75, 3.05) is 7.11 Å². The molecular weight excluding hydrogens is 237 g/mol. The molecule has 1 amide bonds. The van der Waals surface area contributed by atoms with Crippen molar-refractivity contribution in [3.8, 4) is 0 Å². The fourth-order valence-electron chi connectivity index (χ4n) is 1.43. The van der Waals surface area contributed by atoms with Crippen molar-refractivity contribution >= 4 is 11.9 Å². The molecule has 1 aromatic rings. The predicted molar refractivity (Wildman–Crippen MR) is 64.7 cm³/mol. The molecule has 1 atom stereocenters. The van der Waals surface area contributed by atoms with E-state index in [1.54, 1.807) is 19.9 Å². The number of hydrogen-bond donors (Lipinski definition) is 1. The highest BCUT2D eigenvalue weighted by atomic mass is 19.1. The van der Waals surface area contributed by atoms with E-state index >= 15 is 0 Å². The maximum absolute atomic E-state index is 13.3. The second-order valence-corrected chi connectivity index (χ2v) is 4.12. The highest BCUT2D eigenvalue weighted by Gasteiger charge is 2.14. The minimum atomic E-state index is -0.428. The molecule has 0 aliphatic heterocycles. The number of halogens is 1. The zero-order valence-corrected chi connectivity index (χ0v) is 10.6. The number of esters is 1. The summed E-state index contributed by atoms with van der Waals surface area (Å²) in [6, 6.07) is 3.89. The van der Waals surface area contributed by atoms with Crippen LogP contribution in [-0.2, 0) is 9.53 Å². The molecule has 0 saturated heterocycles. The second kappa shape index (κ2) is 6.14. The summed E-state index contributed by atoms with van der Waals surface area (Å²) in [6.45, 7) is 3.30. The smallest absolute Gasteiger partial charge is 0.307 e. The van der Waals surface area contributed by atoms with Gasteiger partial charge in [-0.2, -0.15) is 0 Å². The number of hydrogen-bond acceptors (Lipinski definition) is 3. The largest absolute Gasteiger partial charge is 0.469 e. The van der Waals surface area contributed by atoms with Crippen molar-refractivity contribution in [3.05, 3.63) is 35.1 Å². The van der Waals surface area contributed by atoms with Gasteiger partial charge in [0.05, 0.1) is 13.5 Å². The van der Waals surface area contributed by atoms with E-state index in [4.69, 9.17) is 0 Å². The van der Waals surface area contributed by atoms with Gasteiger partial charge in [0.1, 0.15) is 5.82 Å². The van der Waals surface area contributed by atoms with E-state index in [0.717, 1.165) is 0 Å². The Hall–Kier alpha value is -1.91. The summed E-state index contributed by atoms with van der Waals surface area (Å²) < 4.78 is 17.8. The van der Waals surface area contributed by atoms with Gasteiger partial charge in [0.15, 0.2) is 0 Å². The number of benzene rings is 1. The van der Waals surface area contributed by atoms with Gasteiger partial charge >= 0.3 is 5.97 Å². The SMILES string of the molecule is COC(=O)CC(C)NC(=O)c1ccc(C)c(F)c1. The fraction of sp³-hybridized carbons (Fsp3) is 0.385. The number of carbonyl (C=O) groups is 2. The van der Waals surface area contributed by atoms with Crippen molar-refractivity contribution in [1.29, 1.82) is 0 Å². The second-order valence-electron chi connectivity index (χ2n) is 4.12. The van der Waals surface area contributed by atoms with Gasteiger partial charge in [0, 0.05) is 11.6 Å². The van der Waals surface area contributed by atoms with Crippen LogP contribution in [0.1, 0.15) is 29.3 Å². The molecule has 1 N–H and O–H groups in total. The molecule has 0 spiro atoms. The lowest BCUT2D eigenvalue weighted by Crippen LogP contribution is -2.34. The molecule has 0 heterocycles. The summed E-state index contributed by atoms with van der Waals surface area (Å²) in [7, 11) is 1.28. The molecule has 1 aromatic carbocycles. The van der Waals surface area contributed by atoms with E-state index in [1.165, 1.54) is 19.2 Å². The predicted octanol–water partition coefficient (Wildman–Crippen LogP) is 1.82. The van der Waals surface area contributed by atoms with Gasteiger partial charge in [-0.15, -0.1) is 0 Å². The van der Waals surface area contributed by atoms with Crippen molar-refractivity contribution in [3.63, 3.8) is 0 Å². The quantitative estimate of drug-likeness (QED) is 0.833. The number of carbonyl (C=O) groups excluding carboxylic acids is 2. The number of rotatable bonds is 4. The van der Waals surface area contributed by atoms with Crippen LogP contribution >= 0.6 is 0 Å². The molecule has 1 unspecified atom stereocenters. The third-order valence-corrected chi connectivity index (χ3v) is 2.51. The average molecular weight is 253 g/mol. The van der Waals surface area contributed by atoms with Gasteiger partial charge in [-0.25, -0.2) is 4.39 Å². The topological polar surface area (TPSA) is 55.4 Å². The molecule has 18 heavy (non-hydrogen) atoms. The lowest BCUT2D eigenvalue weighted by Gasteiger charge is -2.12. The van der Waals surface area contributed by atoms with Gasteiger partial charge in [-0.1, -0.05) is 6.07 Å². The number of aryl methyl sites for hydroxylation is 1. The molecule has 0 aliphatic rings. The molecule has 0 fully saturated rings. The lowest BCUT2D eigenvalue weighted by atomic mass is 10.1. The van der Waals surface area contributed by atoms with Crippen LogP contribution in [-0.4, -0.2) is 25.0 Å². The molecule has 0 aromatic heterocycles. The Morgan fingerprint density at radius 2 is 2.11 bits per heavy atom. The normalized spacial score (nSPS) is 11.8. The number of ether oxygens (including phenoxy) is 1. The lowest BCUT2D eigenvalue weighted by molar-refractivity contribution is -0.141. The Morgan fingerprint density at radius 3 is 2.67 bits per heavy atom. The van der Waals surface area contributed by atoms with Gasteiger partial charge in [0.2, 0.25) is 0 Å². The number of methoxy groups -OCH3 is 1. The summed E-state index contributed by atoms with van der Waals surface area (Å²) in [5.74, 6) is -1.24. The maximum Gasteiger partial charge on any atom is 0.307 e. The standard InChI is InChI=1S/C13H16FNO3/c1-8-4-5-10(7-11(8)14)13(17)15-9(2)6-12(16)18-3/h4-5,7,9H,6H2,1-3H3,(H,15,17). The number of amides is 1. The molecule has 0 aliphatic carbocycles. The first kappa shape index (κ1) is 14.2. The van der Waals surface area contributed by atoms with Gasteiger partial charge in [-0.3, -0.25) is 9.59 Å². The molecule has 0 saturated carbocycles. The summed E-state index contributed by atoms with van der Waals surface area (Å²) in [5, 5.41) is 2.60. The van der Waals surface area contributed by atoms with Crippen molar-refractivity contribution < 1.29 is 18.7 Å². The third-order valence-electron chi connectivity index (χ3n) is 2.51. The molecule has 4 nitrogen and oxygen atoms in total. The van der Waals surface area contributed by atoms with Crippen molar-refractivity contribution in [2.45, 2.75) is 26.3 Å². The molecule has 0 radical (unpaired) electrons. The highest BCUT2D eigenvalue weighted by Crippen LogP contribution is 2.09. The Kier molecular flexibility index (Phi) is 4.83. The zero-order chi connectivity index (χ0) is 13.7. The van der Waals surface area contributed by atoms with Crippen LogP contribution < -0.4 is 5.32 Å².